The Morgan fingerprint density at radius 3 is 2.24 bits per heavy atom. The molecule has 0 aliphatic rings. The molecule has 0 heterocycles. The minimum Gasteiger partial charge on any atom is -0.497 e. The molecule has 1 amide bonds. The number of sulfonamides is 1. The third-order valence-corrected chi connectivity index (χ3v) is 5.02. The Labute approximate surface area is 147 Å². The SMILES string of the molecule is COc1ccc(S(=O)(=O)N[C@H](C)C(=O)Nc2ccccc2OC)cc1. The van der Waals surface area contributed by atoms with Gasteiger partial charge in [0.1, 0.15) is 11.5 Å². The third kappa shape index (κ3) is 4.71. The highest BCUT2D eigenvalue weighted by molar-refractivity contribution is 7.89. The van der Waals surface area contributed by atoms with Crippen LogP contribution in [0.1, 0.15) is 6.92 Å². The number of rotatable bonds is 7. The molecule has 0 saturated carbocycles. The number of methoxy groups -OCH3 is 2. The Kier molecular flexibility index (Phi) is 6.00. The summed E-state index contributed by atoms with van der Waals surface area (Å²) in [6.07, 6.45) is 0. The molecule has 0 aromatic heterocycles. The van der Waals surface area contributed by atoms with Gasteiger partial charge >= 0.3 is 0 Å². The van der Waals surface area contributed by atoms with Crippen LogP contribution < -0.4 is 19.5 Å². The molecule has 2 N–H and O–H groups in total. The van der Waals surface area contributed by atoms with Gasteiger partial charge in [-0.15, -0.1) is 0 Å². The fourth-order valence-electron chi connectivity index (χ4n) is 2.10. The molecule has 0 unspecified atom stereocenters. The van der Waals surface area contributed by atoms with Crippen molar-refractivity contribution in [3.05, 3.63) is 48.5 Å². The number of hydrogen-bond acceptors (Lipinski definition) is 5. The van der Waals surface area contributed by atoms with Crippen molar-refractivity contribution in [1.29, 1.82) is 0 Å². The van der Waals surface area contributed by atoms with Gasteiger partial charge in [-0.05, 0) is 43.3 Å². The largest absolute Gasteiger partial charge is 0.497 e. The summed E-state index contributed by atoms with van der Waals surface area (Å²) in [5.74, 6) is 0.531. The number of benzene rings is 2. The molecule has 0 aliphatic heterocycles. The number of carbonyl (C=O) groups excluding carboxylic acids is 1. The van der Waals surface area contributed by atoms with E-state index in [0.29, 0.717) is 17.2 Å². The van der Waals surface area contributed by atoms with E-state index in [9.17, 15) is 13.2 Å². The minimum atomic E-state index is -3.84. The molecule has 0 saturated heterocycles. The summed E-state index contributed by atoms with van der Waals surface area (Å²) in [6, 6.07) is 11.8. The van der Waals surface area contributed by atoms with Gasteiger partial charge in [0.05, 0.1) is 30.8 Å². The average molecular weight is 364 g/mol. The summed E-state index contributed by atoms with van der Waals surface area (Å²) in [6.45, 7) is 1.46. The molecule has 8 heteroatoms. The van der Waals surface area contributed by atoms with E-state index in [1.54, 1.807) is 24.3 Å². The lowest BCUT2D eigenvalue weighted by molar-refractivity contribution is -0.117. The van der Waals surface area contributed by atoms with E-state index < -0.39 is 22.0 Å². The second kappa shape index (κ2) is 8.00. The summed E-state index contributed by atoms with van der Waals surface area (Å²) in [5.41, 5.74) is 0.463. The van der Waals surface area contributed by atoms with Crippen LogP contribution in [0.15, 0.2) is 53.4 Å². The molecule has 2 aromatic rings. The van der Waals surface area contributed by atoms with E-state index in [4.69, 9.17) is 9.47 Å². The summed E-state index contributed by atoms with van der Waals surface area (Å²) in [4.78, 5) is 12.3. The zero-order chi connectivity index (χ0) is 18.4. The Bertz CT molecular complexity index is 834. The van der Waals surface area contributed by atoms with Crippen molar-refractivity contribution >= 4 is 21.6 Å². The Balaban J connectivity index is 2.08. The zero-order valence-corrected chi connectivity index (χ0v) is 15.0. The smallest absolute Gasteiger partial charge is 0.242 e. The van der Waals surface area contributed by atoms with Crippen LogP contribution in [0.25, 0.3) is 0 Å². The molecule has 25 heavy (non-hydrogen) atoms. The number of hydrogen-bond donors (Lipinski definition) is 2. The normalized spacial score (nSPS) is 12.3. The lowest BCUT2D eigenvalue weighted by atomic mass is 10.2. The minimum absolute atomic E-state index is 0.0465. The quantitative estimate of drug-likeness (QED) is 0.784. The number of carbonyl (C=O) groups is 1. The molecular weight excluding hydrogens is 344 g/mol. The van der Waals surface area contributed by atoms with Crippen molar-refractivity contribution in [2.45, 2.75) is 17.9 Å². The molecule has 0 radical (unpaired) electrons. The number of para-hydroxylation sites is 2. The van der Waals surface area contributed by atoms with Crippen molar-refractivity contribution in [3.8, 4) is 11.5 Å². The second-order valence-corrected chi connectivity index (χ2v) is 6.92. The van der Waals surface area contributed by atoms with Crippen molar-refractivity contribution < 1.29 is 22.7 Å². The van der Waals surface area contributed by atoms with Gasteiger partial charge in [-0.25, -0.2) is 8.42 Å². The fourth-order valence-corrected chi connectivity index (χ4v) is 3.30. The summed E-state index contributed by atoms with van der Waals surface area (Å²) < 4.78 is 37.2. The van der Waals surface area contributed by atoms with Crippen molar-refractivity contribution in [3.63, 3.8) is 0 Å². The first kappa shape index (κ1) is 18.8. The highest BCUT2D eigenvalue weighted by Gasteiger charge is 2.22. The molecule has 1 atom stereocenters. The van der Waals surface area contributed by atoms with Crippen LogP contribution in [0.4, 0.5) is 5.69 Å². The molecule has 2 aromatic carbocycles. The lowest BCUT2D eigenvalue weighted by Crippen LogP contribution is -2.41. The predicted molar refractivity (Wildman–Crippen MR) is 94.4 cm³/mol. The molecule has 134 valence electrons. The zero-order valence-electron chi connectivity index (χ0n) is 14.1. The first-order chi connectivity index (χ1) is 11.9. The van der Waals surface area contributed by atoms with Crippen LogP contribution in [0.3, 0.4) is 0 Å². The monoisotopic (exact) mass is 364 g/mol. The van der Waals surface area contributed by atoms with E-state index in [2.05, 4.69) is 10.0 Å². The Hall–Kier alpha value is -2.58. The number of nitrogens with one attached hydrogen (secondary N) is 2. The van der Waals surface area contributed by atoms with Gasteiger partial charge in [0.15, 0.2) is 0 Å². The molecule has 0 fully saturated rings. The summed E-state index contributed by atoms with van der Waals surface area (Å²) >= 11 is 0. The average Bonchev–Trinajstić information content (AvgIpc) is 2.61. The Morgan fingerprint density at radius 1 is 1.00 bits per heavy atom. The third-order valence-electron chi connectivity index (χ3n) is 3.46. The standard InChI is InChI=1S/C17H20N2O5S/c1-12(17(20)18-15-6-4-5-7-16(15)24-3)19-25(21,22)14-10-8-13(23-2)9-11-14/h4-12,19H,1-3H3,(H,18,20)/t12-/m1/s1. The van der Waals surface area contributed by atoms with Crippen molar-refractivity contribution in [2.75, 3.05) is 19.5 Å². The van der Waals surface area contributed by atoms with E-state index in [1.807, 2.05) is 0 Å². The van der Waals surface area contributed by atoms with Gasteiger partial charge in [-0.2, -0.15) is 4.72 Å². The number of anilines is 1. The van der Waals surface area contributed by atoms with E-state index in [-0.39, 0.29) is 4.90 Å². The highest BCUT2D eigenvalue weighted by Crippen LogP contribution is 2.23. The van der Waals surface area contributed by atoms with Gasteiger partial charge in [-0.3, -0.25) is 4.79 Å². The van der Waals surface area contributed by atoms with Crippen molar-refractivity contribution in [2.24, 2.45) is 0 Å². The van der Waals surface area contributed by atoms with Crippen LogP contribution in [0.5, 0.6) is 11.5 Å². The van der Waals surface area contributed by atoms with E-state index in [1.165, 1.54) is 45.4 Å². The lowest BCUT2D eigenvalue weighted by Gasteiger charge is -2.16. The van der Waals surface area contributed by atoms with Gasteiger partial charge in [0.25, 0.3) is 0 Å². The first-order valence-electron chi connectivity index (χ1n) is 7.47. The van der Waals surface area contributed by atoms with Crippen molar-refractivity contribution in [1.82, 2.24) is 4.72 Å². The molecule has 0 aliphatic carbocycles. The van der Waals surface area contributed by atoms with Crippen LogP contribution in [-0.4, -0.2) is 34.6 Å². The summed E-state index contributed by atoms with van der Waals surface area (Å²) in [7, 11) is -0.856. The summed E-state index contributed by atoms with van der Waals surface area (Å²) in [5, 5.41) is 2.64. The van der Waals surface area contributed by atoms with Gasteiger partial charge in [-0.1, -0.05) is 12.1 Å². The second-order valence-electron chi connectivity index (χ2n) is 5.21. The fraction of sp³-hybridized carbons (Fsp3) is 0.235. The van der Waals surface area contributed by atoms with Crippen LogP contribution in [-0.2, 0) is 14.8 Å². The molecule has 0 bridgehead atoms. The van der Waals surface area contributed by atoms with E-state index >= 15 is 0 Å². The molecule has 2 rings (SSSR count). The van der Waals surface area contributed by atoms with E-state index in [0.717, 1.165) is 0 Å². The maximum Gasteiger partial charge on any atom is 0.242 e. The van der Waals surface area contributed by atoms with Crippen LogP contribution >= 0.6 is 0 Å². The van der Waals surface area contributed by atoms with Crippen LogP contribution in [0.2, 0.25) is 0 Å². The topological polar surface area (TPSA) is 93.7 Å². The van der Waals surface area contributed by atoms with Gasteiger partial charge in [0, 0.05) is 0 Å². The first-order valence-corrected chi connectivity index (χ1v) is 8.96. The van der Waals surface area contributed by atoms with Crippen LogP contribution in [0, 0.1) is 0 Å². The highest BCUT2D eigenvalue weighted by atomic mass is 32.2. The molecular formula is C17H20N2O5S. The number of ether oxygens (including phenoxy) is 2. The Morgan fingerprint density at radius 2 is 1.64 bits per heavy atom. The maximum absolute atomic E-state index is 12.4. The van der Waals surface area contributed by atoms with Gasteiger partial charge in [0.2, 0.25) is 15.9 Å². The molecule has 7 nitrogen and oxygen atoms in total. The number of amides is 1. The predicted octanol–water partition coefficient (Wildman–Crippen LogP) is 2.01. The maximum atomic E-state index is 12.4. The molecule has 0 spiro atoms. The van der Waals surface area contributed by atoms with Gasteiger partial charge < -0.3 is 14.8 Å².